The number of thioether (sulfide) groups is 1. The van der Waals surface area contributed by atoms with Crippen molar-refractivity contribution < 1.29 is 9.90 Å². The van der Waals surface area contributed by atoms with Crippen LogP contribution in [0.2, 0.25) is 0 Å². The molecule has 5 rings (SSSR count). The number of phenols is 1. The summed E-state index contributed by atoms with van der Waals surface area (Å²) in [6.45, 7) is 1.85. The molecule has 0 spiro atoms. The van der Waals surface area contributed by atoms with Crippen LogP contribution in [0.3, 0.4) is 0 Å². The van der Waals surface area contributed by atoms with Gasteiger partial charge in [-0.25, -0.2) is 9.97 Å². The van der Waals surface area contributed by atoms with Gasteiger partial charge < -0.3 is 10.4 Å². The number of benzene rings is 3. The molecule has 6 nitrogen and oxygen atoms in total. The number of aromatic hydroxyl groups is 1. The van der Waals surface area contributed by atoms with E-state index in [1.165, 1.54) is 34.4 Å². The Balaban J connectivity index is 1.35. The van der Waals surface area contributed by atoms with Crippen molar-refractivity contribution >= 4 is 78.4 Å². The Labute approximate surface area is 202 Å². The van der Waals surface area contributed by atoms with Gasteiger partial charge >= 0.3 is 0 Å². The van der Waals surface area contributed by atoms with Gasteiger partial charge in [0.25, 0.3) is 0 Å². The second kappa shape index (κ2) is 9.30. The summed E-state index contributed by atoms with van der Waals surface area (Å²) in [7, 11) is 0. The summed E-state index contributed by atoms with van der Waals surface area (Å²) in [4.78, 5) is 25.7. The fourth-order valence-electron chi connectivity index (χ4n) is 3.28. The molecule has 0 saturated carbocycles. The highest BCUT2D eigenvalue weighted by molar-refractivity contribution is 8.02. The van der Waals surface area contributed by atoms with Crippen LogP contribution in [-0.4, -0.2) is 32.4 Å². The van der Waals surface area contributed by atoms with Crippen LogP contribution in [0.5, 0.6) is 5.75 Å². The molecule has 0 aliphatic rings. The van der Waals surface area contributed by atoms with E-state index in [2.05, 4.69) is 20.3 Å². The molecule has 0 aliphatic heterocycles. The maximum absolute atomic E-state index is 12.4. The number of aromatic nitrogens is 2. The summed E-state index contributed by atoms with van der Waals surface area (Å²) < 4.78 is 1.81. The molecular weight excluding hydrogens is 472 g/mol. The highest BCUT2D eigenvalue weighted by atomic mass is 32.2. The first kappa shape index (κ1) is 21.6. The number of aliphatic imine (C=N–C) groups is 1. The lowest BCUT2D eigenvalue weighted by atomic mass is 10.0. The van der Waals surface area contributed by atoms with Crippen LogP contribution in [0.25, 0.3) is 21.0 Å². The van der Waals surface area contributed by atoms with E-state index in [0.29, 0.717) is 10.7 Å². The average Bonchev–Trinajstić information content (AvgIpc) is 3.47. The van der Waals surface area contributed by atoms with Crippen molar-refractivity contribution in [3.8, 4) is 5.75 Å². The van der Waals surface area contributed by atoms with Crippen LogP contribution in [-0.2, 0) is 4.79 Å². The molecule has 33 heavy (non-hydrogen) atoms. The van der Waals surface area contributed by atoms with Crippen molar-refractivity contribution in [2.75, 3.05) is 5.32 Å². The molecule has 9 heteroatoms. The molecule has 0 fully saturated rings. The zero-order valence-corrected chi connectivity index (χ0v) is 19.9. The number of carbonyl (C=O) groups is 1. The number of phenolic OH excluding ortho intramolecular Hbond substituents is 1. The van der Waals surface area contributed by atoms with Gasteiger partial charge in [0.15, 0.2) is 9.47 Å². The maximum atomic E-state index is 12.4. The zero-order chi connectivity index (χ0) is 22.8. The standard InChI is InChI=1S/C24H18N4O2S3/c1-14(22(30)28-23-25-10-11-31-23)32-24-27-19-8-7-16(12-21(19)33-24)26-13-18-17-5-3-2-4-15(17)6-9-20(18)29/h2-14,29H,1H3,(H,25,28,30). The highest BCUT2D eigenvalue weighted by Crippen LogP contribution is 2.34. The Hall–Kier alpha value is -3.27. The van der Waals surface area contributed by atoms with Crippen molar-refractivity contribution in [2.24, 2.45) is 4.99 Å². The molecule has 1 unspecified atom stereocenters. The second-order valence-corrected chi connectivity index (χ2v) is 10.7. The van der Waals surface area contributed by atoms with E-state index in [1.807, 2.05) is 60.8 Å². The largest absolute Gasteiger partial charge is 0.507 e. The van der Waals surface area contributed by atoms with Gasteiger partial charge in [-0.05, 0) is 42.0 Å². The minimum absolute atomic E-state index is 0.102. The third-order valence-corrected chi connectivity index (χ3v) is 7.85. The van der Waals surface area contributed by atoms with Crippen LogP contribution >= 0.6 is 34.4 Å². The molecule has 5 aromatic rings. The number of carbonyl (C=O) groups excluding carboxylic acids is 1. The molecule has 1 atom stereocenters. The maximum Gasteiger partial charge on any atom is 0.239 e. The smallest absolute Gasteiger partial charge is 0.239 e. The van der Waals surface area contributed by atoms with Gasteiger partial charge in [0.1, 0.15) is 5.75 Å². The van der Waals surface area contributed by atoms with Gasteiger partial charge in [0.05, 0.1) is 21.2 Å². The Bertz CT molecular complexity index is 1480. The number of rotatable bonds is 6. The van der Waals surface area contributed by atoms with E-state index in [-0.39, 0.29) is 16.9 Å². The minimum Gasteiger partial charge on any atom is -0.507 e. The van der Waals surface area contributed by atoms with E-state index < -0.39 is 0 Å². The molecule has 2 heterocycles. The molecule has 2 N–H and O–H groups in total. The molecule has 0 bridgehead atoms. The van der Waals surface area contributed by atoms with Crippen molar-refractivity contribution in [3.63, 3.8) is 0 Å². The lowest BCUT2D eigenvalue weighted by Crippen LogP contribution is -2.22. The molecule has 0 saturated heterocycles. The minimum atomic E-state index is -0.304. The molecule has 2 aromatic heterocycles. The Morgan fingerprint density at radius 1 is 1.21 bits per heavy atom. The van der Waals surface area contributed by atoms with Crippen LogP contribution in [0.15, 0.2) is 75.5 Å². The van der Waals surface area contributed by atoms with Crippen LogP contribution in [0.1, 0.15) is 12.5 Å². The zero-order valence-electron chi connectivity index (χ0n) is 17.4. The summed E-state index contributed by atoms with van der Waals surface area (Å²) in [6, 6.07) is 17.3. The van der Waals surface area contributed by atoms with Crippen LogP contribution < -0.4 is 5.32 Å². The van der Waals surface area contributed by atoms with Crippen LogP contribution in [0, 0.1) is 0 Å². The van der Waals surface area contributed by atoms with Gasteiger partial charge in [0.2, 0.25) is 5.91 Å². The molecular formula is C24H18N4O2S3. The Kier molecular flexibility index (Phi) is 6.08. The first-order chi connectivity index (χ1) is 16.1. The summed E-state index contributed by atoms with van der Waals surface area (Å²) >= 11 is 4.34. The van der Waals surface area contributed by atoms with Crippen molar-refractivity contribution in [3.05, 3.63) is 71.7 Å². The molecule has 0 aliphatic carbocycles. The third-order valence-electron chi connectivity index (χ3n) is 4.95. The number of anilines is 1. The summed E-state index contributed by atoms with van der Waals surface area (Å²) in [5.74, 6) is 0.0920. The number of nitrogens with one attached hydrogen (secondary N) is 1. The summed E-state index contributed by atoms with van der Waals surface area (Å²) in [6.07, 6.45) is 3.36. The molecule has 3 aromatic carbocycles. The van der Waals surface area contributed by atoms with Gasteiger partial charge in [-0.1, -0.05) is 42.1 Å². The topological polar surface area (TPSA) is 87.5 Å². The van der Waals surface area contributed by atoms with E-state index >= 15 is 0 Å². The fourth-order valence-corrected chi connectivity index (χ4v) is 6.05. The lowest BCUT2D eigenvalue weighted by molar-refractivity contribution is -0.115. The first-order valence-electron chi connectivity index (χ1n) is 10.1. The van der Waals surface area contributed by atoms with Gasteiger partial charge in [-0.15, -0.1) is 22.7 Å². The second-order valence-electron chi connectivity index (χ2n) is 7.20. The number of thiazole rings is 2. The number of amides is 1. The number of fused-ring (bicyclic) bond motifs is 2. The average molecular weight is 491 g/mol. The Morgan fingerprint density at radius 2 is 2.09 bits per heavy atom. The van der Waals surface area contributed by atoms with Crippen molar-refractivity contribution in [1.82, 2.24) is 9.97 Å². The van der Waals surface area contributed by atoms with E-state index in [9.17, 15) is 9.90 Å². The van der Waals surface area contributed by atoms with E-state index in [0.717, 1.165) is 31.0 Å². The molecule has 0 radical (unpaired) electrons. The SMILES string of the molecule is CC(Sc1nc2ccc(N=Cc3c(O)ccc4ccccc34)cc2s1)C(=O)Nc1nccs1. The van der Waals surface area contributed by atoms with Crippen LogP contribution in [0.4, 0.5) is 10.8 Å². The van der Waals surface area contributed by atoms with E-state index in [4.69, 9.17) is 0 Å². The summed E-state index contributed by atoms with van der Waals surface area (Å²) in [5, 5.41) is 17.3. The quantitative estimate of drug-likeness (QED) is 0.210. The van der Waals surface area contributed by atoms with Gasteiger partial charge in [-0.3, -0.25) is 9.79 Å². The summed E-state index contributed by atoms with van der Waals surface area (Å²) in [5.41, 5.74) is 2.32. The lowest BCUT2D eigenvalue weighted by Gasteiger charge is -2.07. The third kappa shape index (κ3) is 4.75. The normalized spacial score (nSPS) is 12.5. The van der Waals surface area contributed by atoms with Crippen molar-refractivity contribution in [2.45, 2.75) is 16.5 Å². The molecule has 164 valence electrons. The van der Waals surface area contributed by atoms with Crippen molar-refractivity contribution in [1.29, 1.82) is 0 Å². The number of hydrogen-bond acceptors (Lipinski definition) is 8. The number of hydrogen-bond donors (Lipinski definition) is 2. The Morgan fingerprint density at radius 3 is 2.94 bits per heavy atom. The highest BCUT2D eigenvalue weighted by Gasteiger charge is 2.18. The predicted octanol–water partition coefficient (Wildman–Crippen LogP) is 6.48. The number of nitrogens with zero attached hydrogens (tertiary/aromatic N) is 3. The molecule has 1 amide bonds. The predicted molar refractivity (Wildman–Crippen MR) is 139 cm³/mol. The fraction of sp³-hybridized carbons (Fsp3) is 0.0833. The van der Waals surface area contributed by atoms with Gasteiger partial charge in [-0.2, -0.15) is 0 Å². The van der Waals surface area contributed by atoms with Gasteiger partial charge in [0, 0.05) is 23.4 Å². The van der Waals surface area contributed by atoms with E-state index in [1.54, 1.807) is 18.5 Å². The first-order valence-corrected chi connectivity index (χ1v) is 12.7. The monoisotopic (exact) mass is 490 g/mol.